The summed E-state index contributed by atoms with van der Waals surface area (Å²) in [6.45, 7) is 1.88. The second-order valence-electron chi connectivity index (χ2n) is 5.50. The van der Waals surface area contributed by atoms with Gasteiger partial charge in [0.15, 0.2) is 0 Å². The molecule has 4 amide bonds. The average Bonchev–Trinajstić information content (AvgIpc) is 2.90. The van der Waals surface area contributed by atoms with Gasteiger partial charge >= 0.3 is 6.03 Å². The molecule has 0 radical (unpaired) electrons. The third-order valence-electron chi connectivity index (χ3n) is 4.30. The van der Waals surface area contributed by atoms with E-state index in [1.165, 1.54) is 4.90 Å². The van der Waals surface area contributed by atoms with Gasteiger partial charge in [0.25, 0.3) is 0 Å². The number of nitrogens with one attached hydrogen (secondary N) is 1. The highest BCUT2D eigenvalue weighted by Gasteiger charge is 2.46. The van der Waals surface area contributed by atoms with E-state index in [9.17, 15) is 14.4 Å². The van der Waals surface area contributed by atoms with Crippen molar-refractivity contribution < 1.29 is 14.4 Å². The Labute approximate surface area is 119 Å². The lowest BCUT2D eigenvalue weighted by atomic mass is 9.87. The fourth-order valence-corrected chi connectivity index (χ4v) is 3.21. The number of terminal acetylenes is 1. The standard InChI is InChI=1S/C15H20N2O3/c1-3-7-11(4-2)17-14(19)12(10-8-5-6-9-10)13(18)16-15(17)20/h1,10-12H,4-9H2,2H3,(H,16,18,20). The number of barbiturate groups is 1. The number of carbonyl (C=O) groups excluding carboxylic acids is 3. The van der Waals surface area contributed by atoms with E-state index in [4.69, 9.17) is 6.42 Å². The van der Waals surface area contributed by atoms with Gasteiger partial charge in [-0.15, -0.1) is 12.3 Å². The van der Waals surface area contributed by atoms with Crippen LogP contribution in [-0.2, 0) is 9.59 Å². The van der Waals surface area contributed by atoms with E-state index >= 15 is 0 Å². The molecule has 1 N–H and O–H groups in total. The van der Waals surface area contributed by atoms with Crippen LogP contribution in [-0.4, -0.2) is 28.8 Å². The second kappa shape index (κ2) is 6.08. The molecule has 2 rings (SSSR count). The summed E-state index contributed by atoms with van der Waals surface area (Å²) in [5.74, 6) is 1.02. The zero-order valence-electron chi connectivity index (χ0n) is 11.7. The molecule has 0 aromatic heterocycles. The molecule has 2 unspecified atom stereocenters. The normalized spacial score (nSPS) is 25.5. The zero-order chi connectivity index (χ0) is 14.7. The van der Waals surface area contributed by atoms with Crippen molar-refractivity contribution in [2.75, 3.05) is 0 Å². The molecule has 0 aromatic rings. The summed E-state index contributed by atoms with van der Waals surface area (Å²) >= 11 is 0. The van der Waals surface area contributed by atoms with Crippen molar-refractivity contribution in [1.82, 2.24) is 10.2 Å². The summed E-state index contributed by atoms with van der Waals surface area (Å²) in [6.07, 6.45) is 10.0. The number of amides is 4. The molecule has 2 fully saturated rings. The van der Waals surface area contributed by atoms with Crippen LogP contribution in [0, 0.1) is 24.2 Å². The van der Waals surface area contributed by atoms with Gasteiger partial charge in [-0.1, -0.05) is 19.8 Å². The van der Waals surface area contributed by atoms with Gasteiger partial charge in [-0.2, -0.15) is 0 Å². The lowest BCUT2D eigenvalue weighted by molar-refractivity contribution is -0.146. The number of nitrogens with zero attached hydrogens (tertiary/aromatic N) is 1. The molecule has 5 nitrogen and oxygen atoms in total. The summed E-state index contributed by atoms with van der Waals surface area (Å²) in [5.41, 5.74) is 0. The second-order valence-corrected chi connectivity index (χ2v) is 5.50. The summed E-state index contributed by atoms with van der Waals surface area (Å²) in [4.78, 5) is 37.7. The SMILES string of the molecule is C#CCC(CC)N1C(=O)NC(=O)C(C2CCCC2)C1=O. The molecule has 5 heteroatoms. The molecule has 2 aliphatic rings. The van der Waals surface area contributed by atoms with Crippen LogP contribution in [0.4, 0.5) is 4.79 Å². The molecule has 1 saturated carbocycles. The van der Waals surface area contributed by atoms with Gasteiger partial charge in [-0.3, -0.25) is 19.8 Å². The van der Waals surface area contributed by atoms with Crippen LogP contribution in [0.2, 0.25) is 0 Å². The van der Waals surface area contributed by atoms with E-state index in [1.54, 1.807) is 0 Å². The van der Waals surface area contributed by atoms with E-state index in [-0.39, 0.29) is 17.9 Å². The predicted molar refractivity (Wildman–Crippen MR) is 73.4 cm³/mol. The molecule has 108 valence electrons. The summed E-state index contributed by atoms with van der Waals surface area (Å²) in [6, 6.07) is -0.958. The lowest BCUT2D eigenvalue weighted by Crippen LogP contribution is -2.62. The smallest absolute Gasteiger partial charge is 0.277 e. The number of rotatable bonds is 4. The average molecular weight is 276 g/mol. The van der Waals surface area contributed by atoms with Gasteiger partial charge in [-0.25, -0.2) is 4.79 Å². The van der Waals surface area contributed by atoms with Crippen molar-refractivity contribution in [3.63, 3.8) is 0 Å². The predicted octanol–water partition coefficient (Wildman–Crippen LogP) is 1.67. The minimum atomic E-state index is -0.720. The maximum atomic E-state index is 12.6. The van der Waals surface area contributed by atoms with E-state index in [1.807, 2.05) is 6.92 Å². The first-order valence-electron chi connectivity index (χ1n) is 7.21. The molecule has 0 spiro atoms. The van der Waals surface area contributed by atoms with Crippen molar-refractivity contribution in [2.24, 2.45) is 11.8 Å². The van der Waals surface area contributed by atoms with Gasteiger partial charge in [0, 0.05) is 6.42 Å². The molecule has 0 aromatic carbocycles. The molecular formula is C15H20N2O3. The Morgan fingerprint density at radius 2 is 2.00 bits per heavy atom. The van der Waals surface area contributed by atoms with Crippen molar-refractivity contribution in [2.45, 2.75) is 51.5 Å². The Bertz CT molecular complexity index is 460. The summed E-state index contributed by atoms with van der Waals surface area (Å²) < 4.78 is 0. The van der Waals surface area contributed by atoms with Crippen molar-refractivity contribution in [1.29, 1.82) is 0 Å². The van der Waals surface area contributed by atoms with Crippen LogP contribution in [0.5, 0.6) is 0 Å². The third-order valence-corrected chi connectivity index (χ3v) is 4.30. The lowest BCUT2D eigenvalue weighted by Gasteiger charge is -2.36. The minimum Gasteiger partial charge on any atom is -0.277 e. The number of urea groups is 1. The van der Waals surface area contributed by atoms with Crippen LogP contribution in [0.3, 0.4) is 0 Å². The number of hydrogen-bond donors (Lipinski definition) is 1. The first-order chi connectivity index (χ1) is 9.60. The van der Waals surface area contributed by atoms with Crippen molar-refractivity contribution >= 4 is 17.8 Å². The van der Waals surface area contributed by atoms with Gasteiger partial charge < -0.3 is 0 Å². The Kier molecular flexibility index (Phi) is 4.43. The van der Waals surface area contributed by atoms with Gasteiger partial charge in [0.2, 0.25) is 11.8 Å². The van der Waals surface area contributed by atoms with Gasteiger partial charge in [-0.05, 0) is 25.2 Å². The van der Waals surface area contributed by atoms with Gasteiger partial charge in [0.1, 0.15) is 5.92 Å². The van der Waals surface area contributed by atoms with Gasteiger partial charge in [0.05, 0.1) is 6.04 Å². The first kappa shape index (κ1) is 14.6. The maximum absolute atomic E-state index is 12.6. The molecule has 2 atom stereocenters. The molecule has 20 heavy (non-hydrogen) atoms. The highest BCUT2D eigenvalue weighted by atomic mass is 16.2. The topological polar surface area (TPSA) is 66.5 Å². The Morgan fingerprint density at radius 3 is 2.55 bits per heavy atom. The van der Waals surface area contributed by atoms with Crippen molar-refractivity contribution in [3.05, 3.63) is 0 Å². The third kappa shape index (κ3) is 2.55. The van der Waals surface area contributed by atoms with E-state index in [0.29, 0.717) is 12.8 Å². The molecule has 1 saturated heterocycles. The molecule has 1 aliphatic heterocycles. The van der Waals surface area contributed by atoms with Crippen LogP contribution >= 0.6 is 0 Å². The monoisotopic (exact) mass is 276 g/mol. The van der Waals surface area contributed by atoms with Crippen LogP contribution in [0.25, 0.3) is 0 Å². The summed E-state index contributed by atoms with van der Waals surface area (Å²) in [7, 11) is 0. The fourth-order valence-electron chi connectivity index (χ4n) is 3.21. The molecular weight excluding hydrogens is 256 g/mol. The Morgan fingerprint density at radius 1 is 1.35 bits per heavy atom. The largest absolute Gasteiger partial charge is 0.331 e. The summed E-state index contributed by atoms with van der Waals surface area (Å²) in [5, 5.41) is 2.32. The highest BCUT2D eigenvalue weighted by Crippen LogP contribution is 2.34. The van der Waals surface area contributed by atoms with Crippen LogP contribution < -0.4 is 5.32 Å². The Hall–Kier alpha value is -1.83. The maximum Gasteiger partial charge on any atom is 0.331 e. The first-order valence-corrected chi connectivity index (χ1v) is 7.21. The molecule has 0 bridgehead atoms. The highest BCUT2D eigenvalue weighted by molar-refractivity contribution is 6.16. The van der Waals surface area contributed by atoms with E-state index in [2.05, 4.69) is 11.2 Å². The van der Waals surface area contributed by atoms with Crippen molar-refractivity contribution in [3.8, 4) is 12.3 Å². The van der Waals surface area contributed by atoms with E-state index < -0.39 is 17.9 Å². The molecule has 1 aliphatic carbocycles. The fraction of sp³-hybridized carbons (Fsp3) is 0.667. The zero-order valence-corrected chi connectivity index (χ0v) is 11.7. The van der Waals surface area contributed by atoms with Crippen LogP contribution in [0.15, 0.2) is 0 Å². The quantitative estimate of drug-likeness (QED) is 0.627. The minimum absolute atomic E-state index is 0.0569. The number of carbonyl (C=O) groups is 3. The van der Waals surface area contributed by atoms with Crippen LogP contribution in [0.1, 0.15) is 45.4 Å². The number of hydrogen-bond acceptors (Lipinski definition) is 3. The Balaban J connectivity index is 2.23. The van der Waals surface area contributed by atoms with E-state index in [0.717, 1.165) is 25.7 Å². The molecule has 1 heterocycles. The number of imide groups is 2.